The monoisotopic (exact) mass is 186 g/mol. The van der Waals surface area contributed by atoms with Gasteiger partial charge in [-0.15, -0.1) is 0 Å². The first-order valence-corrected chi connectivity index (χ1v) is 4.59. The molecule has 14 heavy (non-hydrogen) atoms. The predicted octanol–water partition coefficient (Wildman–Crippen LogP) is 3.04. The van der Waals surface area contributed by atoms with Crippen LogP contribution in [-0.4, -0.2) is 12.0 Å². The van der Waals surface area contributed by atoms with E-state index in [0.717, 1.165) is 5.69 Å². The van der Waals surface area contributed by atoms with Crippen molar-refractivity contribution in [3.05, 3.63) is 48.8 Å². The maximum atomic E-state index is 4.01. The first-order valence-electron chi connectivity index (χ1n) is 4.59. The molecular weight excluding hydrogens is 172 g/mol. The fourth-order valence-corrected chi connectivity index (χ4v) is 1.48. The molecule has 0 spiro atoms. The second-order valence-electron chi connectivity index (χ2n) is 3.03. The summed E-state index contributed by atoms with van der Waals surface area (Å²) in [6.45, 7) is 0. The van der Waals surface area contributed by atoms with Crippen LogP contribution in [0.3, 0.4) is 0 Å². The zero-order valence-electron chi connectivity index (χ0n) is 8.07. The summed E-state index contributed by atoms with van der Waals surface area (Å²) in [5, 5.41) is 3.17. The van der Waals surface area contributed by atoms with Crippen molar-refractivity contribution in [2.45, 2.75) is 0 Å². The van der Waals surface area contributed by atoms with Gasteiger partial charge in [0.15, 0.2) is 0 Å². The average molecular weight is 186 g/mol. The molecule has 1 heterocycles. The molecule has 0 aliphatic carbocycles. The highest BCUT2D eigenvalue weighted by Gasteiger charge is 2.00. The number of aromatic nitrogens is 1. The topological polar surface area (TPSA) is 24.9 Å². The Morgan fingerprint density at radius 1 is 1.07 bits per heavy atom. The van der Waals surface area contributed by atoms with Crippen LogP contribution in [-0.2, 0) is 0 Å². The van der Waals surface area contributed by atoms with Crippen molar-refractivity contribution in [2.75, 3.05) is 12.4 Å². The van der Waals surface area contributed by atoms with E-state index in [0.29, 0.717) is 0 Å². The second-order valence-corrected chi connectivity index (χ2v) is 3.03. The number of hydrogen-bond acceptors (Lipinski definition) is 2. The number of benzene rings is 1. The molecule has 2 rings (SSSR count). The van der Waals surface area contributed by atoms with Gasteiger partial charge >= 0.3 is 0 Å². The Bertz CT molecular complexity index is 415. The summed E-state index contributed by atoms with van der Waals surface area (Å²) >= 11 is 0. The molecule has 1 aromatic heterocycles. The lowest BCUT2D eigenvalue weighted by Crippen LogP contribution is -1.91. The molecular formula is C12H14N2. The first-order chi connectivity index (χ1) is 6.92. The molecule has 72 valence electrons. The van der Waals surface area contributed by atoms with Crippen LogP contribution in [0, 0.1) is 0 Å². The van der Waals surface area contributed by atoms with Gasteiger partial charge in [-0.2, -0.15) is 0 Å². The third-order valence-corrected chi connectivity index (χ3v) is 2.19. The van der Waals surface area contributed by atoms with Crippen molar-refractivity contribution < 1.29 is 1.43 Å². The summed E-state index contributed by atoms with van der Waals surface area (Å²) in [5.41, 5.74) is 3.53. The van der Waals surface area contributed by atoms with Crippen molar-refractivity contribution in [2.24, 2.45) is 0 Å². The Morgan fingerprint density at radius 2 is 1.79 bits per heavy atom. The van der Waals surface area contributed by atoms with Gasteiger partial charge in [0.25, 0.3) is 0 Å². The molecule has 0 fully saturated rings. The van der Waals surface area contributed by atoms with Gasteiger partial charge in [-0.05, 0) is 23.8 Å². The molecule has 0 atom stereocenters. The van der Waals surface area contributed by atoms with Crippen molar-refractivity contribution in [1.82, 2.24) is 4.98 Å². The fraction of sp³-hybridized carbons (Fsp3) is 0.0833. The van der Waals surface area contributed by atoms with Crippen LogP contribution >= 0.6 is 0 Å². The minimum absolute atomic E-state index is 0. The van der Waals surface area contributed by atoms with E-state index >= 15 is 0 Å². The standard InChI is InChI=1S/C12H12N2.H2/c1-13-12-5-3-2-4-11(12)10-6-8-14-9-7-10;/h2-9,13H,1H3;1H. The molecule has 0 unspecified atom stereocenters. The van der Waals surface area contributed by atoms with Crippen LogP contribution in [0.2, 0.25) is 0 Å². The summed E-state index contributed by atoms with van der Waals surface area (Å²) in [4.78, 5) is 4.01. The molecule has 1 N–H and O–H groups in total. The highest BCUT2D eigenvalue weighted by Crippen LogP contribution is 2.26. The van der Waals surface area contributed by atoms with Gasteiger partial charge < -0.3 is 5.32 Å². The van der Waals surface area contributed by atoms with Gasteiger partial charge in [-0.1, -0.05) is 18.2 Å². The van der Waals surface area contributed by atoms with E-state index in [1.165, 1.54) is 11.1 Å². The van der Waals surface area contributed by atoms with E-state index in [1.54, 1.807) is 0 Å². The SMILES string of the molecule is CNc1ccccc1-c1ccncc1.[HH]. The smallest absolute Gasteiger partial charge is 0.0417 e. The van der Waals surface area contributed by atoms with Crippen molar-refractivity contribution in [1.29, 1.82) is 0 Å². The van der Waals surface area contributed by atoms with E-state index in [2.05, 4.69) is 22.4 Å². The van der Waals surface area contributed by atoms with Crippen molar-refractivity contribution in [3.63, 3.8) is 0 Å². The number of nitrogens with zero attached hydrogens (tertiary/aromatic N) is 1. The quantitative estimate of drug-likeness (QED) is 0.779. The number of anilines is 1. The molecule has 2 nitrogen and oxygen atoms in total. The molecule has 0 bridgehead atoms. The summed E-state index contributed by atoms with van der Waals surface area (Å²) in [5.74, 6) is 0. The Labute approximate surface area is 85.1 Å². The van der Waals surface area contributed by atoms with E-state index in [9.17, 15) is 0 Å². The molecule has 0 aliphatic heterocycles. The normalized spacial score (nSPS) is 9.79. The first kappa shape index (κ1) is 8.75. The zero-order chi connectivity index (χ0) is 9.80. The van der Waals surface area contributed by atoms with Crippen LogP contribution in [0.25, 0.3) is 11.1 Å². The molecule has 0 radical (unpaired) electrons. The van der Waals surface area contributed by atoms with Gasteiger partial charge in [0.2, 0.25) is 0 Å². The van der Waals surface area contributed by atoms with Crippen molar-refractivity contribution in [3.8, 4) is 11.1 Å². The third-order valence-electron chi connectivity index (χ3n) is 2.19. The summed E-state index contributed by atoms with van der Waals surface area (Å²) in [6, 6.07) is 12.2. The van der Waals surface area contributed by atoms with Gasteiger partial charge in [-0.25, -0.2) is 0 Å². The van der Waals surface area contributed by atoms with Gasteiger partial charge in [-0.3, -0.25) is 4.98 Å². The molecule has 0 saturated carbocycles. The van der Waals surface area contributed by atoms with Crippen LogP contribution in [0.4, 0.5) is 5.69 Å². The Hall–Kier alpha value is -1.83. The molecule has 0 saturated heterocycles. The minimum Gasteiger partial charge on any atom is -0.388 e. The van der Waals surface area contributed by atoms with Crippen LogP contribution < -0.4 is 5.32 Å². The average Bonchev–Trinajstić information content (AvgIpc) is 2.30. The number of rotatable bonds is 2. The Kier molecular flexibility index (Phi) is 2.45. The van der Waals surface area contributed by atoms with E-state index < -0.39 is 0 Å². The lowest BCUT2D eigenvalue weighted by Gasteiger charge is -2.07. The van der Waals surface area contributed by atoms with Crippen molar-refractivity contribution >= 4 is 5.69 Å². The van der Waals surface area contributed by atoms with Crippen LogP contribution in [0.15, 0.2) is 48.8 Å². The van der Waals surface area contributed by atoms with E-state index in [1.807, 2.05) is 43.7 Å². The Morgan fingerprint density at radius 3 is 2.50 bits per heavy atom. The summed E-state index contributed by atoms with van der Waals surface area (Å²) < 4.78 is 0. The molecule has 0 aliphatic rings. The molecule has 2 heteroatoms. The Balaban J connectivity index is 0.00000112. The molecule has 2 aromatic rings. The lowest BCUT2D eigenvalue weighted by atomic mass is 10.1. The van der Waals surface area contributed by atoms with Gasteiger partial charge in [0.1, 0.15) is 0 Å². The second kappa shape index (κ2) is 3.92. The molecule has 1 aromatic carbocycles. The molecule has 0 amide bonds. The number of nitrogens with one attached hydrogen (secondary N) is 1. The summed E-state index contributed by atoms with van der Waals surface area (Å²) in [6.07, 6.45) is 3.61. The highest BCUT2D eigenvalue weighted by atomic mass is 14.8. The number of hydrogen-bond donors (Lipinski definition) is 1. The van der Waals surface area contributed by atoms with Gasteiger partial charge in [0.05, 0.1) is 0 Å². The summed E-state index contributed by atoms with van der Waals surface area (Å²) in [7, 11) is 1.93. The highest BCUT2D eigenvalue weighted by molar-refractivity contribution is 5.77. The van der Waals surface area contributed by atoms with Gasteiger partial charge in [0, 0.05) is 32.1 Å². The van der Waals surface area contributed by atoms with Crippen LogP contribution in [0.1, 0.15) is 1.43 Å². The lowest BCUT2D eigenvalue weighted by molar-refractivity contribution is 1.33. The largest absolute Gasteiger partial charge is 0.388 e. The maximum Gasteiger partial charge on any atom is 0.0417 e. The van der Waals surface area contributed by atoms with E-state index in [-0.39, 0.29) is 1.43 Å². The maximum absolute atomic E-state index is 4.01. The minimum atomic E-state index is 0. The third kappa shape index (κ3) is 1.59. The fourth-order valence-electron chi connectivity index (χ4n) is 1.48. The predicted molar refractivity (Wildman–Crippen MR) is 61.3 cm³/mol. The number of para-hydroxylation sites is 1. The van der Waals surface area contributed by atoms with Crippen LogP contribution in [0.5, 0.6) is 0 Å². The number of pyridine rings is 1. The van der Waals surface area contributed by atoms with E-state index in [4.69, 9.17) is 0 Å². The zero-order valence-corrected chi connectivity index (χ0v) is 8.07.